The molecule has 6 nitrogen and oxygen atoms in total. The SMILES string of the molecule is CNc1cc(O[C@@H]2CCOC2)ccn1.O=CO. The van der Waals surface area contributed by atoms with Gasteiger partial charge in [0.05, 0.1) is 13.2 Å². The van der Waals surface area contributed by atoms with Gasteiger partial charge in [0.25, 0.3) is 6.47 Å². The summed E-state index contributed by atoms with van der Waals surface area (Å²) in [5, 5.41) is 9.86. The number of nitrogens with zero attached hydrogens (tertiary/aromatic N) is 1. The zero-order valence-electron chi connectivity index (χ0n) is 9.63. The van der Waals surface area contributed by atoms with Gasteiger partial charge in [0.1, 0.15) is 17.7 Å². The van der Waals surface area contributed by atoms with Crippen LogP contribution in [-0.4, -0.2) is 42.9 Å². The van der Waals surface area contributed by atoms with Crippen LogP contribution in [0.15, 0.2) is 18.3 Å². The maximum Gasteiger partial charge on any atom is 0.290 e. The average molecular weight is 240 g/mol. The summed E-state index contributed by atoms with van der Waals surface area (Å²) < 4.78 is 10.9. The van der Waals surface area contributed by atoms with Gasteiger partial charge in [0, 0.05) is 25.7 Å². The van der Waals surface area contributed by atoms with Crippen molar-refractivity contribution in [2.24, 2.45) is 0 Å². The molecule has 6 heteroatoms. The number of carboxylic acid groups (broad SMARTS) is 1. The Kier molecular flexibility index (Phi) is 5.81. The number of rotatable bonds is 3. The van der Waals surface area contributed by atoms with Crippen molar-refractivity contribution in [3.8, 4) is 5.75 Å². The van der Waals surface area contributed by atoms with Gasteiger partial charge in [-0.05, 0) is 6.07 Å². The number of anilines is 1. The Morgan fingerprint density at radius 1 is 1.71 bits per heavy atom. The van der Waals surface area contributed by atoms with Crippen LogP contribution in [0.3, 0.4) is 0 Å². The second-order valence-electron chi connectivity index (χ2n) is 3.34. The van der Waals surface area contributed by atoms with Crippen LogP contribution in [0, 0.1) is 0 Å². The summed E-state index contributed by atoms with van der Waals surface area (Å²) >= 11 is 0. The molecule has 1 aliphatic heterocycles. The summed E-state index contributed by atoms with van der Waals surface area (Å²) in [5.74, 6) is 1.67. The molecule has 0 amide bonds. The minimum atomic E-state index is -0.250. The Hall–Kier alpha value is -1.82. The first kappa shape index (κ1) is 13.2. The minimum Gasteiger partial charge on any atom is -0.488 e. The Labute approximate surface area is 99.6 Å². The fourth-order valence-electron chi connectivity index (χ4n) is 1.42. The molecule has 2 N–H and O–H groups in total. The van der Waals surface area contributed by atoms with E-state index in [2.05, 4.69) is 10.3 Å². The Balaban J connectivity index is 0.000000437. The second kappa shape index (κ2) is 7.45. The topological polar surface area (TPSA) is 80.7 Å². The zero-order chi connectivity index (χ0) is 12.5. The van der Waals surface area contributed by atoms with E-state index in [1.807, 2.05) is 19.2 Å². The van der Waals surface area contributed by atoms with Crippen LogP contribution in [0.25, 0.3) is 0 Å². The van der Waals surface area contributed by atoms with Crippen LogP contribution in [0.4, 0.5) is 5.82 Å². The summed E-state index contributed by atoms with van der Waals surface area (Å²) in [5.41, 5.74) is 0. The molecule has 94 valence electrons. The molecule has 0 saturated carbocycles. The van der Waals surface area contributed by atoms with Crippen molar-refractivity contribution in [3.63, 3.8) is 0 Å². The number of hydrogen-bond acceptors (Lipinski definition) is 5. The van der Waals surface area contributed by atoms with Crippen molar-refractivity contribution < 1.29 is 19.4 Å². The summed E-state index contributed by atoms with van der Waals surface area (Å²) in [6.07, 6.45) is 2.90. The third-order valence-electron chi connectivity index (χ3n) is 2.18. The lowest BCUT2D eigenvalue weighted by atomic mass is 10.3. The number of pyridine rings is 1. The van der Waals surface area contributed by atoms with Crippen molar-refractivity contribution in [3.05, 3.63) is 18.3 Å². The van der Waals surface area contributed by atoms with Crippen LogP contribution in [0.5, 0.6) is 5.75 Å². The van der Waals surface area contributed by atoms with Crippen molar-refractivity contribution >= 4 is 12.3 Å². The van der Waals surface area contributed by atoms with Crippen molar-refractivity contribution in [1.29, 1.82) is 0 Å². The Morgan fingerprint density at radius 2 is 2.47 bits per heavy atom. The van der Waals surface area contributed by atoms with Crippen LogP contribution < -0.4 is 10.1 Å². The van der Waals surface area contributed by atoms with Gasteiger partial charge >= 0.3 is 0 Å². The Morgan fingerprint density at radius 3 is 3.06 bits per heavy atom. The lowest BCUT2D eigenvalue weighted by Crippen LogP contribution is -2.15. The van der Waals surface area contributed by atoms with Gasteiger partial charge in [-0.25, -0.2) is 4.98 Å². The molecule has 1 aromatic heterocycles. The van der Waals surface area contributed by atoms with Crippen LogP contribution in [-0.2, 0) is 9.53 Å². The molecule has 0 bridgehead atoms. The zero-order valence-corrected chi connectivity index (χ0v) is 9.63. The fourth-order valence-corrected chi connectivity index (χ4v) is 1.42. The normalized spacial score (nSPS) is 17.8. The van der Waals surface area contributed by atoms with Gasteiger partial charge in [-0.15, -0.1) is 0 Å². The van der Waals surface area contributed by atoms with Gasteiger partial charge in [-0.3, -0.25) is 4.79 Å². The monoisotopic (exact) mass is 240 g/mol. The van der Waals surface area contributed by atoms with E-state index >= 15 is 0 Å². The number of nitrogens with one attached hydrogen (secondary N) is 1. The maximum absolute atomic E-state index is 8.36. The molecule has 1 fully saturated rings. The van der Waals surface area contributed by atoms with E-state index in [-0.39, 0.29) is 12.6 Å². The molecule has 2 rings (SSSR count). The highest BCUT2D eigenvalue weighted by molar-refractivity contribution is 5.39. The van der Waals surface area contributed by atoms with Gasteiger partial charge < -0.3 is 19.9 Å². The van der Waals surface area contributed by atoms with Gasteiger partial charge in [-0.2, -0.15) is 0 Å². The quantitative estimate of drug-likeness (QED) is 0.767. The van der Waals surface area contributed by atoms with Crippen LogP contribution >= 0.6 is 0 Å². The number of hydrogen-bond donors (Lipinski definition) is 2. The first-order chi connectivity index (χ1) is 8.30. The molecule has 1 atom stereocenters. The van der Waals surface area contributed by atoms with E-state index < -0.39 is 0 Å². The standard InChI is InChI=1S/C10H14N2O2.CH2O2/c1-11-10-6-8(2-4-12-10)14-9-3-5-13-7-9;2-1-3/h2,4,6,9H,3,5,7H2,1H3,(H,11,12);1H,(H,2,3)/t9-;/m1./s1. The average Bonchev–Trinajstić information content (AvgIpc) is 2.83. The van der Waals surface area contributed by atoms with E-state index in [9.17, 15) is 0 Å². The first-order valence-corrected chi connectivity index (χ1v) is 5.26. The smallest absolute Gasteiger partial charge is 0.290 e. The van der Waals surface area contributed by atoms with E-state index in [1.165, 1.54) is 0 Å². The fraction of sp³-hybridized carbons (Fsp3) is 0.455. The molecule has 0 aliphatic carbocycles. The molecule has 0 spiro atoms. The molecule has 1 saturated heterocycles. The number of aromatic nitrogens is 1. The minimum absolute atomic E-state index is 0.196. The summed E-state index contributed by atoms with van der Waals surface area (Å²) in [4.78, 5) is 12.5. The van der Waals surface area contributed by atoms with Crippen molar-refractivity contribution in [1.82, 2.24) is 4.98 Å². The molecule has 2 heterocycles. The van der Waals surface area contributed by atoms with Crippen LogP contribution in [0.2, 0.25) is 0 Å². The molecule has 1 aromatic rings. The van der Waals surface area contributed by atoms with E-state index in [0.29, 0.717) is 6.61 Å². The highest BCUT2D eigenvalue weighted by atomic mass is 16.5. The summed E-state index contributed by atoms with van der Waals surface area (Å²) in [7, 11) is 1.84. The molecular weight excluding hydrogens is 224 g/mol. The van der Waals surface area contributed by atoms with E-state index in [4.69, 9.17) is 19.4 Å². The van der Waals surface area contributed by atoms with Crippen LogP contribution in [0.1, 0.15) is 6.42 Å². The van der Waals surface area contributed by atoms with Gasteiger partial charge in [-0.1, -0.05) is 0 Å². The molecular formula is C11H16N2O4. The Bertz CT molecular complexity index is 340. The molecule has 17 heavy (non-hydrogen) atoms. The van der Waals surface area contributed by atoms with Gasteiger partial charge in [0.2, 0.25) is 0 Å². The van der Waals surface area contributed by atoms with Gasteiger partial charge in [0.15, 0.2) is 0 Å². The summed E-state index contributed by atoms with van der Waals surface area (Å²) in [6, 6.07) is 3.75. The van der Waals surface area contributed by atoms with E-state index in [0.717, 1.165) is 24.6 Å². The lowest BCUT2D eigenvalue weighted by molar-refractivity contribution is -0.122. The molecule has 0 radical (unpaired) electrons. The third kappa shape index (κ3) is 4.69. The second-order valence-corrected chi connectivity index (χ2v) is 3.34. The molecule has 0 aromatic carbocycles. The molecule has 1 aliphatic rings. The number of ether oxygens (including phenoxy) is 2. The largest absolute Gasteiger partial charge is 0.488 e. The summed E-state index contributed by atoms with van der Waals surface area (Å²) in [6.45, 7) is 1.24. The maximum atomic E-state index is 8.36. The predicted molar refractivity (Wildman–Crippen MR) is 62.3 cm³/mol. The van der Waals surface area contributed by atoms with Crippen molar-refractivity contribution in [2.45, 2.75) is 12.5 Å². The van der Waals surface area contributed by atoms with E-state index in [1.54, 1.807) is 6.20 Å². The molecule has 0 unspecified atom stereocenters. The predicted octanol–water partition coefficient (Wildman–Crippen LogP) is 0.992. The highest BCUT2D eigenvalue weighted by Crippen LogP contribution is 2.18. The lowest BCUT2D eigenvalue weighted by Gasteiger charge is -2.11. The third-order valence-corrected chi connectivity index (χ3v) is 2.18. The first-order valence-electron chi connectivity index (χ1n) is 5.26. The number of carbonyl (C=O) groups is 1. The van der Waals surface area contributed by atoms with Crippen molar-refractivity contribution in [2.75, 3.05) is 25.6 Å². The highest BCUT2D eigenvalue weighted by Gasteiger charge is 2.17.